The number of nitrogens with zero attached hydrogens (tertiary/aromatic N) is 3. The number of rotatable bonds is 7. The van der Waals surface area contributed by atoms with E-state index < -0.39 is 5.91 Å². The number of aryl methyl sites for hydroxylation is 1. The van der Waals surface area contributed by atoms with Crippen LogP contribution in [0.25, 0.3) is 21.3 Å². The lowest BCUT2D eigenvalue weighted by molar-refractivity contribution is 0.100. The lowest BCUT2D eigenvalue weighted by Gasteiger charge is -2.29. The molecule has 0 radical (unpaired) electrons. The highest BCUT2D eigenvalue weighted by atomic mass is 32.1. The summed E-state index contributed by atoms with van der Waals surface area (Å²) >= 11 is 1.32. The van der Waals surface area contributed by atoms with Crippen LogP contribution in [0.2, 0.25) is 0 Å². The van der Waals surface area contributed by atoms with Gasteiger partial charge < -0.3 is 20.7 Å². The van der Waals surface area contributed by atoms with Crippen molar-refractivity contribution in [3.05, 3.63) is 64.7 Å². The van der Waals surface area contributed by atoms with E-state index >= 15 is 0 Å². The fourth-order valence-corrected chi connectivity index (χ4v) is 5.92. The number of anilines is 2. The molecule has 0 spiro atoms. The number of piperidine rings is 1. The second-order valence-corrected chi connectivity index (χ2v) is 11.1. The van der Waals surface area contributed by atoms with Crippen LogP contribution in [-0.2, 0) is 0 Å². The molecule has 1 amide bonds. The van der Waals surface area contributed by atoms with E-state index in [-0.39, 0.29) is 6.10 Å². The number of amides is 1. The van der Waals surface area contributed by atoms with Gasteiger partial charge in [-0.2, -0.15) is 0 Å². The van der Waals surface area contributed by atoms with E-state index in [1.165, 1.54) is 16.9 Å². The standard InChI is InChI=1S/C29H33N5O2S/c1-17(2)36-23-15-20(19-11-13-34(4)14-12-19)9-10-22(23)32-29-31-16-24-26(33-29)25(27(37-24)28(30)35)21-8-6-5-7-18(21)3/h5-10,15-17,19H,11-14H2,1-4H3,(H2,30,35)(H,31,32,33). The third-order valence-corrected chi connectivity index (χ3v) is 8.00. The number of carbonyl (C=O) groups is 1. The average molecular weight is 516 g/mol. The summed E-state index contributed by atoms with van der Waals surface area (Å²) in [7, 11) is 2.18. The summed E-state index contributed by atoms with van der Waals surface area (Å²) in [5.74, 6) is 1.30. The Hall–Kier alpha value is -3.49. The van der Waals surface area contributed by atoms with E-state index in [9.17, 15) is 4.79 Å². The summed E-state index contributed by atoms with van der Waals surface area (Å²) in [5, 5.41) is 3.37. The molecule has 37 heavy (non-hydrogen) atoms. The number of likely N-dealkylation sites (tertiary alicyclic amines) is 1. The summed E-state index contributed by atoms with van der Waals surface area (Å²) in [4.78, 5) is 24.6. The first-order valence-corrected chi connectivity index (χ1v) is 13.5. The molecule has 3 N–H and O–H groups in total. The second kappa shape index (κ2) is 10.5. The minimum atomic E-state index is -0.465. The number of ether oxygens (including phenoxy) is 1. The van der Waals surface area contributed by atoms with Gasteiger partial charge in [-0.15, -0.1) is 11.3 Å². The van der Waals surface area contributed by atoms with Gasteiger partial charge in [0.25, 0.3) is 5.91 Å². The van der Waals surface area contributed by atoms with Gasteiger partial charge in [-0.05, 0) is 88.5 Å². The number of hydrogen-bond donors (Lipinski definition) is 2. The van der Waals surface area contributed by atoms with E-state index in [0.717, 1.165) is 58.8 Å². The summed E-state index contributed by atoms with van der Waals surface area (Å²) in [6.45, 7) is 8.29. The number of aromatic nitrogens is 2. The first kappa shape index (κ1) is 25.2. The zero-order valence-corrected chi connectivity index (χ0v) is 22.6. The molecule has 1 fully saturated rings. The summed E-state index contributed by atoms with van der Waals surface area (Å²) in [6.07, 6.45) is 4.07. The van der Waals surface area contributed by atoms with Crippen LogP contribution in [0.4, 0.5) is 11.6 Å². The fraction of sp³-hybridized carbons (Fsp3) is 0.345. The molecule has 1 aliphatic rings. The maximum absolute atomic E-state index is 12.3. The second-order valence-electron chi connectivity index (χ2n) is 10.0. The van der Waals surface area contributed by atoms with Crippen molar-refractivity contribution < 1.29 is 9.53 Å². The van der Waals surface area contributed by atoms with Crippen molar-refractivity contribution in [2.45, 2.75) is 45.6 Å². The van der Waals surface area contributed by atoms with E-state index in [4.69, 9.17) is 15.5 Å². The van der Waals surface area contributed by atoms with Crippen molar-refractivity contribution in [1.29, 1.82) is 0 Å². The Balaban J connectivity index is 1.53. The Morgan fingerprint density at radius 2 is 1.95 bits per heavy atom. The SMILES string of the molecule is Cc1ccccc1-c1c(C(N)=O)sc2cnc(Nc3ccc(C4CCN(C)CC4)cc3OC(C)C)nc12. The molecule has 0 saturated carbocycles. The van der Waals surface area contributed by atoms with Crippen molar-refractivity contribution in [1.82, 2.24) is 14.9 Å². The molecular formula is C29H33N5O2S. The number of nitrogens with one attached hydrogen (secondary N) is 1. The van der Waals surface area contributed by atoms with Crippen molar-refractivity contribution >= 4 is 39.1 Å². The number of nitrogens with two attached hydrogens (primary N) is 1. The highest BCUT2D eigenvalue weighted by Crippen LogP contribution is 2.40. The number of fused-ring (bicyclic) bond motifs is 1. The molecule has 4 aromatic rings. The van der Waals surface area contributed by atoms with Crippen LogP contribution in [-0.4, -0.2) is 47.0 Å². The minimum absolute atomic E-state index is 0.0272. The van der Waals surface area contributed by atoms with E-state index in [1.807, 2.05) is 45.0 Å². The third-order valence-electron chi connectivity index (χ3n) is 6.87. The van der Waals surface area contributed by atoms with Crippen molar-refractivity contribution in [2.24, 2.45) is 5.73 Å². The monoisotopic (exact) mass is 515 g/mol. The van der Waals surface area contributed by atoms with E-state index in [2.05, 4.69) is 40.4 Å². The zero-order valence-electron chi connectivity index (χ0n) is 21.7. The number of carbonyl (C=O) groups excluding carboxylic acids is 1. The van der Waals surface area contributed by atoms with Gasteiger partial charge in [0.05, 0.1) is 28.2 Å². The minimum Gasteiger partial charge on any atom is -0.489 e. The van der Waals surface area contributed by atoms with Crippen LogP contribution in [0, 0.1) is 6.92 Å². The molecule has 1 saturated heterocycles. The number of hydrogen-bond acceptors (Lipinski definition) is 7. The van der Waals surface area contributed by atoms with Gasteiger partial charge in [0.2, 0.25) is 5.95 Å². The fourth-order valence-electron chi connectivity index (χ4n) is 4.94. The molecule has 3 heterocycles. The van der Waals surface area contributed by atoms with Crippen LogP contribution in [0.15, 0.2) is 48.7 Å². The molecule has 5 rings (SSSR count). The van der Waals surface area contributed by atoms with Gasteiger partial charge in [0.15, 0.2) is 0 Å². The lowest BCUT2D eigenvalue weighted by Crippen LogP contribution is -2.29. The van der Waals surface area contributed by atoms with Gasteiger partial charge in [0.1, 0.15) is 10.6 Å². The normalized spacial score (nSPS) is 14.8. The Morgan fingerprint density at radius 1 is 1.19 bits per heavy atom. The highest BCUT2D eigenvalue weighted by Gasteiger charge is 2.23. The maximum atomic E-state index is 12.3. The van der Waals surface area contributed by atoms with Crippen molar-refractivity contribution in [3.63, 3.8) is 0 Å². The van der Waals surface area contributed by atoms with Gasteiger partial charge >= 0.3 is 0 Å². The average Bonchev–Trinajstić information content (AvgIpc) is 3.25. The smallest absolute Gasteiger partial charge is 0.259 e. The zero-order chi connectivity index (χ0) is 26.1. The number of primary amides is 1. The highest BCUT2D eigenvalue weighted by molar-refractivity contribution is 7.21. The predicted molar refractivity (Wildman–Crippen MR) is 151 cm³/mol. The molecular weight excluding hydrogens is 482 g/mol. The largest absolute Gasteiger partial charge is 0.489 e. The van der Waals surface area contributed by atoms with Gasteiger partial charge in [-0.1, -0.05) is 30.3 Å². The molecule has 1 aliphatic heterocycles. The number of thiophene rings is 1. The maximum Gasteiger partial charge on any atom is 0.259 e. The molecule has 8 heteroatoms. The Bertz CT molecular complexity index is 1440. The predicted octanol–water partition coefficient (Wildman–Crippen LogP) is 6.11. The molecule has 2 aromatic heterocycles. The van der Waals surface area contributed by atoms with E-state index in [0.29, 0.717) is 22.3 Å². The molecule has 2 aromatic carbocycles. The number of benzene rings is 2. The van der Waals surface area contributed by atoms with Gasteiger partial charge in [0, 0.05) is 5.56 Å². The molecule has 7 nitrogen and oxygen atoms in total. The Kier molecular flexibility index (Phi) is 7.13. The quantitative estimate of drug-likeness (QED) is 0.309. The van der Waals surface area contributed by atoms with Gasteiger partial charge in [-0.25, -0.2) is 9.97 Å². The first-order valence-electron chi connectivity index (χ1n) is 12.7. The van der Waals surface area contributed by atoms with Crippen LogP contribution < -0.4 is 15.8 Å². The molecule has 192 valence electrons. The van der Waals surface area contributed by atoms with Crippen LogP contribution in [0.1, 0.15) is 53.4 Å². The third kappa shape index (κ3) is 5.31. The van der Waals surface area contributed by atoms with E-state index in [1.54, 1.807) is 6.20 Å². The topological polar surface area (TPSA) is 93.4 Å². The Morgan fingerprint density at radius 3 is 2.65 bits per heavy atom. The summed E-state index contributed by atoms with van der Waals surface area (Å²) < 4.78 is 7.03. The van der Waals surface area contributed by atoms with Gasteiger partial charge in [-0.3, -0.25) is 4.79 Å². The van der Waals surface area contributed by atoms with Crippen LogP contribution >= 0.6 is 11.3 Å². The molecule has 0 unspecified atom stereocenters. The molecule has 0 bridgehead atoms. The summed E-state index contributed by atoms with van der Waals surface area (Å²) in [6, 6.07) is 14.3. The first-order chi connectivity index (χ1) is 17.8. The summed E-state index contributed by atoms with van der Waals surface area (Å²) in [5.41, 5.74) is 11.3. The van der Waals surface area contributed by atoms with Crippen LogP contribution in [0.5, 0.6) is 5.75 Å². The Labute approximate surface area is 221 Å². The lowest BCUT2D eigenvalue weighted by atomic mass is 9.89. The van der Waals surface area contributed by atoms with Crippen molar-refractivity contribution in [2.75, 3.05) is 25.5 Å². The molecule has 0 aliphatic carbocycles. The van der Waals surface area contributed by atoms with Crippen LogP contribution in [0.3, 0.4) is 0 Å². The molecule has 0 atom stereocenters. The van der Waals surface area contributed by atoms with Crippen molar-refractivity contribution in [3.8, 4) is 16.9 Å².